The van der Waals surface area contributed by atoms with Crippen LogP contribution in [0.1, 0.15) is 25.8 Å². The van der Waals surface area contributed by atoms with Gasteiger partial charge in [-0.2, -0.15) is 0 Å². The highest BCUT2D eigenvalue weighted by molar-refractivity contribution is 9.10. The molecule has 1 unspecified atom stereocenters. The van der Waals surface area contributed by atoms with Crippen LogP contribution >= 0.6 is 15.9 Å². The highest BCUT2D eigenvalue weighted by atomic mass is 79.9. The molecule has 0 aliphatic carbocycles. The average molecular weight is 359 g/mol. The summed E-state index contributed by atoms with van der Waals surface area (Å²) in [6.45, 7) is 5.88. The van der Waals surface area contributed by atoms with Gasteiger partial charge in [-0.3, -0.25) is 14.9 Å². The Kier molecular flexibility index (Phi) is 6.14. The van der Waals surface area contributed by atoms with Crippen LogP contribution < -0.4 is 5.32 Å². The molecule has 21 heavy (non-hydrogen) atoms. The predicted octanol–water partition coefficient (Wildman–Crippen LogP) is 3.82. The zero-order chi connectivity index (χ0) is 16.2. The number of hydrogen-bond donors (Lipinski definition) is 2. The largest absolute Gasteiger partial charge is 0.481 e. The van der Waals surface area contributed by atoms with Gasteiger partial charge in [0.15, 0.2) is 0 Å². The first kappa shape index (κ1) is 17.4. The number of halogens is 1. The summed E-state index contributed by atoms with van der Waals surface area (Å²) in [7, 11) is 0. The van der Waals surface area contributed by atoms with Crippen molar-refractivity contribution in [1.82, 2.24) is 0 Å². The molecule has 0 amide bonds. The normalized spacial score (nSPS) is 12.2. The lowest BCUT2D eigenvalue weighted by Crippen LogP contribution is -2.24. The molecule has 2 N–H and O–H groups in total. The molecule has 0 radical (unpaired) electrons. The van der Waals surface area contributed by atoms with Gasteiger partial charge in [-0.15, -0.1) is 0 Å². The van der Waals surface area contributed by atoms with Crippen LogP contribution in [-0.2, 0) is 4.79 Å². The molecule has 1 aromatic rings. The van der Waals surface area contributed by atoms with Gasteiger partial charge in [0.05, 0.1) is 10.8 Å². The molecule has 0 saturated heterocycles. The number of nitrogens with one attached hydrogen (secondary N) is 1. The molecule has 0 aliphatic rings. The number of carbonyl (C=O) groups is 1. The van der Waals surface area contributed by atoms with E-state index in [0.717, 1.165) is 0 Å². The highest BCUT2D eigenvalue weighted by Gasteiger charge is 2.20. The number of nitro groups is 1. The van der Waals surface area contributed by atoms with Gasteiger partial charge in [0.2, 0.25) is 0 Å². The summed E-state index contributed by atoms with van der Waals surface area (Å²) in [5.74, 6) is -1.05. The van der Waals surface area contributed by atoms with Crippen LogP contribution in [0.5, 0.6) is 0 Å². The predicted molar refractivity (Wildman–Crippen MR) is 84.6 cm³/mol. The summed E-state index contributed by atoms with van der Waals surface area (Å²) in [5, 5.41) is 23.1. The second kappa shape index (κ2) is 7.40. The first-order valence-electron chi connectivity index (χ1n) is 6.63. The summed E-state index contributed by atoms with van der Waals surface area (Å²) >= 11 is 3.27. The van der Waals surface area contributed by atoms with Gasteiger partial charge < -0.3 is 10.4 Å². The zero-order valence-electron chi connectivity index (χ0n) is 12.2. The standard InChI is InChI=1S/C14H19BrN2O4/c1-8(2)4-10(14(18)19)7-16-12-5-9(3)13(17(20)21)6-11(12)15/h5-6,8,10,16H,4,7H2,1-3H3,(H,18,19). The molecule has 0 bridgehead atoms. The number of aliphatic carboxylic acids is 1. The van der Waals surface area contributed by atoms with E-state index < -0.39 is 16.8 Å². The van der Waals surface area contributed by atoms with Gasteiger partial charge in [-0.25, -0.2) is 0 Å². The molecule has 0 spiro atoms. The molecular weight excluding hydrogens is 340 g/mol. The Balaban J connectivity index is 2.86. The molecule has 0 aliphatic heterocycles. The van der Waals surface area contributed by atoms with Crippen molar-refractivity contribution in [3.8, 4) is 0 Å². The number of carboxylic acids is 1. The number of carboxylic acid groups (broad SMARTS) is 1. The van der Waals surface area contributed by atoms with Crippen molar-refractivity contribution < 1.29 is 14.8 Å². The number of benzene rings is 1. The number of hydrogen-bond acceptors (Lipinski definition) is 4. The topological polar surface area (TPSA) is 92.5 Å². The summed E-state index contributed by atoms with van der Waals surface area (Å²) < 4.78 is 0.550. The van der Waals surface area contributed by atoms with E-state index in [1.54, 1.807) is 13.0 Å². The summed E-state index contributed by atoms with van der Waals surface area (Å²) in [6.07, 6.45) is 0.575. The number of nitro benzene ring substituents is 1. The minimum Gasteiger partial charge on any atom is -0.481 e. The fourth-order valence-corrected chi connectivity index (χ4v) is 2.55. The van der Waals surface area contributed by atoms with Crippen LogP contribution in [0, 0.1) is 28.9 Å². The lowest BCUT2D eigenvalue weighted by molar-refractivity contribution is -0.385. The molecule has 116 valence electrons. The first-order valence-corrected chi connectivity index (χ1v) is 7.42. The van der Waals surface area contributed by atoms with Gasteiger partial charge >= 0.3 is 5.97 Å². The summed E-state index contributed by atoms with van der Waals surface area (Å²) in [5.41, 5.74) is 1.22. The van der Waals surface area contributed by atoms with Gasteiger partial charge in [0, 0.05) is 28.3 Å². The van der Waals surface area contributed by atoms with E-state index in [0.29, 0.717) is 22.1 Å². The van der Waals surface area contributed by atoms with Crippen LogP contribution in [0.25, 0.3) is 0 Å². The molecule has 6 nitrogen and oxygen atoms in total. The molecule has 0 heterocycles. The molecule has 0 saturated carbocycles. The van der Waals surface area contributed by atoms with Crippen LogP contribution in [-0.4, -0.2) is 22.5 Å². The minimum atomic E-state index is -0.842. The molecule has 1 rings (SSSR count). The van der Waals surface area contributed by atoms with Gasteiger partial charge in [0.1, 0.15) is 0 Å². The Hall–Kier alpha value is -1.63. The second-order valence-electron chi connectivity index (χ2n) is 5.42. The van der Waals surface area contributed by atoms with E-state index in [-0.39, 0.29) is 18.2 Å². The van der Waals surface area contributed by atoms with Crippen LogP contribution in [0.2, 0.25) is 0 Å². The van der Waals surface area contributed by atoms with E-state index in [2.05, 4.69) is 21.2 Å². The van der Waals surface area contributed by atoms with E-state index in [1.165, 1.54) is 6.07 Å². The maximum absolute atomic E-state index is 11.2. The second-order valence-corrected chi connectivity index (χ2v) is 6.28. The molecule has 1 atom stereocenters. The van der Waals surface area contributed by atoms with Crippen molar-refractivity contribution in [3.63, 3.8) is 0 Å². The Labute approximate surface area is 131 Å². The van der Waals surface area contributed by atoms with E-state index in [1.807, 2.05) is 13.8 Å². The van der Waals surface area contributed by atoms with Crippen LogP contribution in [0.15, 0.2) is 16.6 Å². The lowest BCUT2D eigenvalue weighted by Gasteiger charge is -2.17. The van der Waals surface area contributed by atoms with E-state index in [9.17, 15) is 20.0 Å². The summed E-state index contributed by atoms with van der Waals surface area (Å²) in [4.78, 5) is 21.6. The molecular formula is C14H19BrN2O4. The van der Waals surface area contributed by atoms with E-state index >= 15 is 0 Å². The summed E-state index contributed by atoms with van der Waals surface area (Å²) in [6, 6.07) is 3.08. The maximum Gasteiger partial charge on any atom is 0.308 e. The minimum absolute atomic E-state index is 0.0318. The number of anilines is 1. The van der Waals surface area contributed by atoms with Crippen molar-refractivity contribution in [1.29, 1.82) is 0 Å². The van der Waals surface area contributed by atoms with Gasteiger partial charge in [-0.05, 0) is 41.3 Å². The smallest absolute Gasteiger partial charge is 0.308 e. The molecule has 7 heteroatoms. The Morgan fingerprint density at radius 1 is 1.48 bits per heavy atom. The fourth-order valence-electron chi connectivity index (χ4n) is 2.08. The fraction of sp³-hybridized carbons (Fsp3) is 0.500. The molecule has 1 aromatic carbocycles. The Bertz CT molecular complexity index is 546. The molecule has 0 fully saturated rings. The average Bonchev–Trinajstić information content (AvgIpc) is 2.36. The highest BCUT2D eigenvalue weighted by Crippen LogP contribution is 2.31. The maximum atomic E-state index is 11.2. The van der Waals surface area contributed by atoms with E-state index in [4.69, 9.17) is 0 Å². The van der Waals surface area contributed by atoms with Crippen LogP contribution in [0.3, 0.4) is 0 Å². The third-order valence-corrected chi connectivity index (χ3v) is 3.78. The Morgan fingerprint density at radius 3 is 2.57 bits per heavy atom. The number of nitrogens with zero attached hydrogens (tertiary/aromatic N) is 1. The van der Waals surface area contributed by atoms with Crippen molar-refractivity contribution in [2.45, 2.75) is 27.2 Å². The van der Waals surface area contributed by atoms with Crippen molar-refractivity contribution in [2.24, 2.45) is 11.8 Å². The van der Waals surface area contributed by atoms with Gasteiger partial charge in [0.25, 0.3) is 5.69 Å². The first-order chi connectivity index (χ1) is 9.72. The third-order valence-electron chi connectivity index (χ3n) is 3.13. The van der Waals surface area contributed by atoms with Crippen molar-refractivity contribution in [2.75, 3.05) is 11.9 Å². The molecule has 0 aromatic heterocycles. The Morgan fingerprint density at radius 2 is 2.10 bits per heavy atom. The SMILES string of the molecule is Cc1cc(NCC(CC(C)C)C(=O)O)c(Br)cc1[N+](=O)[O-]. The third kappa shape index (κ3) is 5.00. The monoisotopic (exact) mass is 358 g/mol. The van der Waals surface area contributed by atoms with Crippen LogP contribution in [0.4, 0.5) is 11.4 Å². The number of rotatable bonds is 7. The number of aryl methyl sites for hydroxylation is 1. The van der Waals surface area contributed by atoms with Crippen molar-refractivity contribution >= 4 is 33.3 Å². The lowest BCUT2D eigenvalue weighted by atomic mass is 9.97. The van der Waals surface area contributed by atoms with Crippen molar-refractivity contribution in [3.05, 3.63) is 32.3 Å². The quantitative estimate of drug-likeness (QED) is 0.570. The van der Waals surface area contributed by atoms with Gasteiger partial charge in [-0.1, -0.05) is 13.8 Å². The zero-order valence-corrected chi connectivity index (χ0v) is 13.8.